The monoisotopic (exact) mass is 420 g/mol. The molecular weight excluding hydrogens is 388 g/mol. The zero-order valence-electron chi connectivity index (χ0n) is 17.1. The van der Waals surface area contributed by atoms with Crippen LogP contribution < -0.4 is 10.6 Å². The Morgan fingerprint density at radius 2 is 1.54 bits per heavy atom. The number of carbonyl (C=O) groups excluding carboxylic acids is 2. The number of amides is 2. The Morgan fingerprint density at radius 1 is 0.964 bits per heavy atom. The Hall–Kier alpha value is -1.81. The zero-order valence-corrected chi connectivity index (χ0v) is 17.9. The van der Waals surface area contributed by atoms with Crippen LogP contribution in [0.3, 0.4) is 0 Å². The first kappa shape index (κ1) is 26.2. The molecule has 28 heavy (non-hydrogen) atoms. The fourth-order valence-corrected chi connectivity index (χ4v) is 3.08. The van der Waals surface area contributed by atoms with Crippen LogP contribution in [0.15, 0.2) is 0 Å². The van der Waals surface area contributed by atoms with E-state index in [1.165, 1.54) is 25.6 Å². The highest BCUT2D eigenvalue weighted by Gasteiger charge is 2.32. The Bertz CT molecular complexity index is 573. The van der Waals surface area contributed by atoms with E-state index in [1.54, 1.807) is 0 Å². The van der Waals surface area contributed by atoms with Gasteiger partial charge in [-0.1, -0.05) is 20.8 Å². The van der Waals surface area contributed by atoms with Gasteiger partial charge in [0.05, 0.1) is 12.0 Å². The van der Waals surface area contributed by atoms with Crippen molar-refractivity contribution >= 4 is 35.5 Å². The van der Waals surface area contributed by atoms with Crippen molar-refractivity contribution < 1.29 is 34.5 Å². The van der Waals surface area contributed by atoms with Gasteiger partial charge in [0, 0.05) is 12.2 Å². The Morgan fingerprint density at radius 3 is 1.96 bits per heavy atom. The summed E-state index contributed by atoms with van der Waals surface area (Å²) in [5.41, 5.74) is -1.18. The molecular formula is C18H32N2O7S. The van der Waals surface area contributed by atoms with E-state index in [2.05, 4.69) is 10.6 Å². The molecule has 0 heterocycles. The Kier molecular flexibility index (Phi) is 10.5. The van der Waals surface area contributed by atoms with Gasteiger partial charge in [-0.3, -0.25) is 14.4 Å². The second-order valence-electron chi connectivity index (χ2n) is 8.48. The van der Waals surface area contributed by atoms with Crippen LogP contribution >= 0.6 is 11.8 Å². The average molecular weight is 421 g/mol. The molecule has 2 amide bonds. The first-order valence-corrected chi connectivity index (χ1v) is 10.1. The fraction of sp³-hybridized carbons (Fsp3) is 0.778. The third-order valence-electron chi connectivity index (χ3n) is 3.71. The van der Waals surface area contributed by atoms with Gasteiger partial charge in [0.2, 0.25) is 11.8 Å². The van der Waals surface area contributed by atoms with Gasteiger partial charge in [-0.25, -0.2) is 4.79 Å². The molecule has 0 aliphatic rings. The molecule has 5 N–H and O–H groups in total. The minimum atomic E-state index is -1.22. The molecule has 0 aromatic carbocycles. The number of aliphatic hydroxyl groups excluding tert-OH is 1. The van der Waals surface area contributed by atoms with Crippen LogP contribution in [-0.4, -0.2) is 69.3 Å². The minimum absolute atomic E-state index is 0.00833. The number of carbonyl (C=O) groups is 4. The standard InChI is InChI=1S/C18H32N2O7S/c1-17(2,3)10-28-8-12(15(25)26)19-14(24)11(6-7-13(22)23)20-16(27)18(4,5)9-21/h11-12,21H,6-10H2,1-5H3,(H,19,24)(H,20,27)(H,22,23)(H,25,26)/t11-,12-/m0/s1. The van der Waals surface area contributed by atoms with Gasteiger partial charge in [0.25, 0.3) is 0 Å². The van der Waals surface area contributed by atoms with E-state index in [0.29, 0.717) is 5.75 Å². The number of aliphatic carboxylic acids is 2. The summed E-state index contributed by atoms with van der Waals surface area (Å²) in [6.45, 7) is 8.50. The average Bonchev–Trinajstić information content (AvgIpc) is 2.55. The quantitative estimate of drug-likeness (QED) is 0.309. The zero-order chi connectivity index (χ0) is 22.1. The SMILES string of the molecule is CC(C)(C)CSC[C@H](NC(=O)[C@H](CCC(=O)O)NC(=O)C(C)(C)CO)C(=O)O. The van der Waals surface area contributed by atoms with Gasteiger partial charge in [-0.15, -0.1) is 0 Å². The van der Waals surface area contributed by atoms with Crippen molar-refractivity contribution in [2.75, 3.05) is 18.1 Å². The fourth-order valence-electron chi connectivity index (χ4n) is 1.89. The van der Waals surface area contributed by atoms with E-state index in [4.69, 9.17) is 5.11 Å². The van der Waals surface area contributed by atoms with E-state index in [-0.39, 0.29) is 24.0 Å². The Balaban J connectivity index is 5.13. The first-order valence-electron chi connectivity index (χ1n) is 8.94. The molecule has 2 atom stereocenters. The van der Waals surface area contributed by atoms with Crippen LogP contribution in [0.25, 0.3) is 0 Å². The van der Waals surface area contributed by atoms with Crippen molar-refractivity contribution in [2.45, 2.75) is 59.5 Å². The number of carboxylic acid groups (broad SMARTS) is 2. The van der Waals surface area contributed by atoms with Crippen molar-refractivity contribution in [2.24, 2.45) is 10.8 Å². The van der Waals surface area contributed by atoms with Gasteiger partial charge in [0.15, 0.2) is 0 Å². The highest BCUT2D eigenvalue weighted by atomic mass is 32.2. The molecule has 0 rings (SSSR count). The lowest BCUT2D eigenvalue weighted by atomic mass is 9.93. The van der Waals surface area contributed by atoms with Gasteiger partial charge in [-0.2, -0.15) is 11.8 Å². The minimum Gasteiger partial charge on any atom is -0.481 e. The topological polar surface area (TPSA) is 153 Å². The van der Waals surface area contributed by atoms with Crippen LogP contribution in [0.1, 0.15) is 47.5 Å². The van der Waals surface area contributed by atoms with E-state index < -0.39 is 47.9 Å². The van der Waals surface area contributed by atoms with Crippen molar-refractivity contribution in [1.29, 1.82) is 0 Å². The maximum atomic E-state index is 12.5. The summed E-state index contributed by atoms with van der Waals surface area (Å²) in [6, 6.07) is -2.39. The van der Waals surface area contributed by atoms with Gasteiger partial charge in [0.1, 0.15) is 12.1 Å². The van der Waals surface area contributed by atoms with Crippen molar-refractivity contribution in [3.63, 3.8) is 0 Å². The van der Waals surface area contributed by atoms with Crippen LogP contribution in [0.5, 0.6) is 0 Å². The van der Waals surface area contributed by atoms with E-state index >= 15 is 0 Å². The first-order chi connectivity index (χ1) is 12.7. The van der Waals surface area contributed by atoms with Crippen LogP contribution in [0, 0.1) is 10.8 Å². The van der Waals surface area contributed by atoms with E-state index in [0.717, 1.165) is 0 Å². The molecule has 0 aromatic rings. The number of hydrogen-bond donors (Lipinski definition) is 5. The largest absolute Gasteiger partial charge is 0.481 e. The summed E-state index contributed by atoms with van der Waals surface area (Å²) in [7, 11) is 0. The number of aliphatic hydroxyl groups is 1. The molecule has 0 radical (unpaired) electrons. The highest BCUT2D eigenvalue weighted by Crippen LogP contribution is 2.21. The summed E-state index contributed by atoms with van der Waals surface area (Å²) >= 11 is 1.38. The maximum absolute atomic E-state index is 12.5. The molecule has 0 aliphatic heterocycles. The third kappa shape index (κ3) is 10.5. The molecule has 0 saturated carbocycles. The lowest BCUT2D eigenvalue weighted by Crippen LogP contribution is -2.54. The van der Waals surface area contributed by atoms with Gasteiger partial charge in [-0.05, 0) is 31.4 Å². The second-order valence-corrected chi connectivity index (χ2v) is 9.51. The number of carboxylic acids is 2. The molecule has 0 aliphatic carbocycles. The summed E-state index contributed by atoms with van der Waals surface area (Å²) in [6.07, 6.45) is -0.579. The molecule has 0 bridgehead atoms. The van der Waals surface area contributed by atoms with E-state index in [9.17, 15) is 29.4 Å². The van der Waals surface area contributed by atoms with Crippen LogP contribution in [0.4, 0.5) is 0 Å². The number of nitrogens with one attached hydrogen (secondary N) is 2. The predicted octanol–water partition coefficient (Wildman–Crippen LogP) is 0.703. The summed E-state index contributed by atoms with van der Waals surface area (Å²) in [4.78, 5) is 47.1. The lowest BCUT2D eigenvalue weighted by molar-refractivity contribution is -0.142. The second kappa shape index (κ2) is 11.3. The molecule has 0 saturated heterocycles. The number of hydrogen-bond acceptors (Lipinski definition) is 6. The van der Waals surface area contributed by atoms with Crippen molar-refractivity contribution in [3.05, 3.63) is 0 Å². The summed E-state index contributed by atoms with van der Waals surface area (Å²) < 4.78 is 0. The van der Waals surface area contributed by atoms with Crippen molar-refractivity contribution in [3.8, 4) is 0 Å². The van der Waals surface area contributed by atoms with Crippen molar-refractivity contribution in [1.82, 2.24) is 10.6 Å². The molecule has 0 unspecified atom stereocenters. The van der Waals surface area contributed by atoms with Gasteiger partial charge >= 0.3 is 11.9 Å². The van der Waals surface area contributed by atoms with Crippen LogP contribution in [-0.2, 0) is 19.2 Å². The molecule has 10 heteroatoms. The molecule has 9 nitrogen and oxygen atoms in total. The maximum Gasteiger partial charge on any atom is 0.327 e. The third-order valence-corrected chi connectivity index (χ3v) is 5.35. The normalized spacial score (nSPS) is 14.1. The summed E-state index contributed by atoms with van der Waals surface area (Å²) in [5, 5.41) is 32.3. The lowest BCUT2D eigenvalue weighted by Gasteiger charge is -2.26. The molecule has 0 spiro atoms. The highest BCUT2D eigenvalue weighted by molar-refractivity contribution is 7.99. The molecule has 162 valence electrons. The Labute approximate surface area is 169 Å². The van der Waals surface area contributed by atoms with Crippen LogP contribution in [0.2, 0.25) is 0 Å². The summed E-state index contributed by atoms with van der Waals surface area (Å²) in [5.74, 6) is -2.93. The number of rotatable bonds is 12. The molecule has 0 fully saturated rings. The van der Waals surface area contributed by atoms with E-state index in [1.807, 2.05) is 20.8 Å². The molecule has 0 aromatic heterocycles. The number of thioether (sulfide) groups is 1. The predicted molar refractivity (Wildman–Crippen MR) is 106 cm³/mol. The smallest absolute Gasteiger partial charge is 0.327 e. The van der Waals surface area contributed by atoms with Gasteiger partial charge < -0.3 is 26.0 Å².